The molecule has 0 spiro atoms. The van der Waals surface area contributed by atoms with E-state index in [2.05, 4.69) is 26.4 Å². The summed E-state index contributed by atoms with van der Waals surface area (Å²) in [7, 11) is 0. The lowest BCUT2D eigenvalue weighted by Crippen LogP contribution is -2.24. The van der Waals surface area contributed by atoms with Crippen LogP contribution in [0, 0.1) is 6.92 Å². The first kappa shape index (κ1) is 17.7. The zero-order valence-corrected chi connectivity index (χ0v) is 16.2. The average molecular weight is 421 g/mol. The van der Waals surface area contributed by atoms with Crippen molar-refractivity contribution in [2.45, 2.75) is 20.4 Å². The van der Waals surface area contributed by atoms with E-state index in [4.69, 9.17) is 9.26 Å². The number of hydrogen-bond donors (Lipinski definition) is 1. The van der Waals surface area contributed by atoms with Gasteiger partial charge in [0.2, 0.25) is 0 Å². The van der Waals surface area contributed by atoms with E-state index in [0.29, 0.717) is 30.2 Å². The summed E-state index contributed by atoms with van der Waals surface area (Å²) in [5.74, 6) is 1.05. The predicted molar refractivity (Wildman–Crippen MR) is 101 cm³/mol. The van der Waals surface area contributed by atoms with Crippen molar-refractivity contribution in [1.82, 2.24) is 10.5 Å². The van der Waals surface area contributed by atoms with Gasteiger partial charge in [-0.25, -0.2) is 0 Å². The maximum Gasteiger partial charge on any atom is 0.257 e. The number of carbonyl (C=O) groups excluding carboxylic acids is 1. The second-order valence-corrected chi connectivity index (χ2v) is 7.75. The third kappa shape index (κ3) is 3.93. The van der Waals surface area contributed by atoms with Crippen molar-refractivity contribution >= 4 is 33.2 Å². The van der Waals surface area contributed by atoms with E-state index in [0.717, 1.165) is 20.0 Å². The molecule has 5 nitrogen and oxygen atoms in total. The summed E-state index contributed by atoms with van der Waals surface area (Å²) in [6, 6.07) is 11.5. The minimum absolute atomic E-state index is 0.218. The molecule has 2 aromatic heterocycles. The van der Waals surface area contributed by atoms with Gasteiger partial charge in [0.15, 0.2) is 0 Å². The zero-order valence-electron chi connectivity index (χ0n) is 13.8. The molecule has 0 aliphatic heterocycles. The van der Waals surface area contributed by atoms with E-state index in [9.17, 15) is 4.79 Å². The summed E-state index contributed by atoms with van der Waals surface area (Å²) in [5.41, 5.74) is 1.94. The lowest BCUT2D eigenvalue weighted by atomic mass is 10.1. The number of para-hydroxylation sites is 1. The Bertz CT molecular complexity index is 888. The number of aromatic nitrogens is 1. The Kier molecular flexibility index (Phi) is 5.55. The van der Waals surface area contributed by atoms with Gasteiger partial charge in [-0.05, 0) is 48.0 Å². The number of ether oxygens (including phenoxy) is 1. The predicted octanol–water partition coefficient (Wildman–Crippen LogP) is 4.80. The summed E-state index contributed by atoms with van der Waals surface area (Å²) in [5, 5.41) is 6.98. The van der Waals surface area contributed by atoms with Crippen molar-refractivity contribution in [3.05, 3.63) is 57.1 Å². The average Bonchev–Trinajstić information content (AvgIpc) is 3.19. The molecule has 0 unspecified atom stereocenters. The number of thiophene rings is 1. The van der Waals surface area contributed by atoms with E-state index >= 15 is 0 Å². The largest absolute Gasteiger partial charge is 0.494 e. The Morgan fingerprint density at radius 2 is 2.12 bits per heavy atom. The maximum absolute atomic E-state index is 12.7. The van der Waals surface area contributed by atoms with Crippen LogP contribution in [-0.2, 0) is 6.54 Å². The van der Waals surface area contributed by atoms with Crippen molar-refractivity contribution < 1.29 is 14.1 Å². The fraction of sp³-hybridized carbons (Fsp3) is 0.222. The molecule has 25 heavy (non-hydrogen) atoms. The van der Waals surface area contributed by atoms with Gasteiger partial charge in [0, 0.05) is 12.1 Å². The van der Waals surface area contributed by atoms with E-state index < -0.39 is 0 Å². The van der Waals surface area contributed by atoms with Gasteiger partial charge in [0.25, 0.3) is 5.91 Å². The number of nitrogens with one attached hydrogen (secondary N) is 1. The Morgan fingerprint density at radius 1 is 1.32 bits per heavy atom. The minimum Gasteiger partial charge on any atom is -0.494 e. The molecule has 0 bridgehead atoms. The third-order valence-corrected chi connectivity index (χ3v) is 5.24. The maximum atomic E-state index is 12.7. The third-order valence-electron chi connectivity index (χ3n) is 3.61. The number of aryl methyl sites for hydroxylation is 1. The minimum atomic E-state index is -0.218. The molecule has 2 heterocycles. The Hall–Kier alpha value is -2.12. The van der Waals surface area contributed by atoms with Crippen LogP contribution in [0.2, 0.25) is 0 Å². The molecular formula is C18H17BrN2O3S. The fourth-order valence-corrected chi connectivity index (χ4v) is 3.83. The number of benzene rings is 1. The summed E-state index contributed by atoms with van der Waals surface area (Å²) in [4.78, 5) is 13.6. The molecule has 0 aliphatic rings. The monoisotopic (exact) mass is 420 g/mol. The van der Waals surface area contributed by atoms with Crippen LogP contribution in [0.5, 0.6) is 5.75 Å². The number of nitrogens with zero attached hydrogens (tertiary/aromatic N) is 1. The van der Waals surface area contributed by atoms with Crippen LogP contribution >= 0.6 is 27.3 Å². The van der Waals surface area contributed by atoms with Crippen LogP contribution in [-0.4, -0.2) is 17.7 Å². The van der Waals surface area contributed by atoms with Gasteiger partial charge in [-0.2, -0.15) is 0 Å². The summed E-state index contributed by atoms with van der Waals surface area (Å²) >= 11 is 4.93. The van der Waals surface area contributed by atoms with Gasteiger partial charge in [-0.1, -0.05) is 23.4 Å². The molecule has 0 aliphatic carbocycles. The van der Waals surface area contributed by atoms with Crippen LogP contribution in [0.3, 0.4) is 0 Å². The number of rotatable bonds is 6. The van der Waals surface area contributed by atoms with Gasteiger partial charge in [-0.15, -0.1) is 11.3 Å². The lowest BCUT2D eigenvalue weighted by molar-refractivity contribution is 0.0949. The molecule has 1 N–H and O–H groups in total. The summed E-state index contributed by atoms with van der Waals surface area (Å²) < 4.78 is 11.8. The van der Waals surface area contributed by atoms with E-state index in [-0.39, 0.29) is 5.91 Å². The Labute approximate surface area is 158 Å². The Balaban J connectivity index is 1.80. The van der Waals surface area contributed by atoms with Crippen LogP contribution in [0.25, 0.3) is 10.6 Å². The second-order valence-electron chi connectivity index (χ2n) is 5.29. The number of carbonyl (C=O) groups is 1. The van der Waals surface area contributed by atoms with Crippen molar-refractivity contribution in [1.29, 1.82) is 0 Å². The molecule has 0 radical (unpaired) electrons. The normalized spacial score (nSPS) is 10.7. The highest BCUT2D eigenvalue weighted by Gasteiger charge is 2.22. The molecule has 7 heteroatoms. The molecule has 1 amide bonds. The topological polar surface area (TPSA) is 64.4 Å². The first-order valence-corrected chi connectivity index (χ1v) is 9.42. The van der Waals surface area contributed by atoms with Crippen LogP contribution in [0.4, 0.5) is 0 Å². The molecule has 130 valence electrons. The van der Waals surface area contributed by atoms with Crippen molar-refractivity contribution in [3.63, 3.8) is 0 Å². The van der Waals surface area contributed by atoms with Gasteiger partial charge in [-0.3, -0.25) is 4.79 Å². The summed E-state index contributed by atoms with van der Waals surface area (Å²) in [6.07, 6.45) is 0. The fourth-order valence-electron chi connectivity index (χ4n) is 2.46. The molecule has 0 fully saturated rings. The van der Waals surface area contributed by atoms with E-state index in [1.54, 1.807) is 6.92 Å². The molecule has 0 saturated carbocycles. The standard InChI is InChI=1S/C18H17BrN2O3S/c1-3-23-13-7-5-4-6-12(13)10-20-18(22)16-11(2)24-21-17(16)14-8-9-15(19)25-14/h4-9H,3,10H2,1-2H3,(H,20,22). The SMILES string of the molecule is CCOc1ccccc1CNC(=O)c1c(-c2ccc(Br)s2)noc1C. The van der Waals surface area contributed by atoms with E-state index in [1.165, 1.54) is 11.3 Å². The first-order valence-electron chi connectivity index (χ1n) is 7.81. The smallest absolute Gasteiger partial charge is 0.257 e. The van der Waals surface area contributed by atoms with Crippen molar-refractivity contribution in [2.75, 3.05) is 6.61 Å². The lowest BCUT2D eigenvalue weighted by Gasteiger charge is -2.11. The Morgan fingerprint density at radius 3 is 2.84 bits per heavy atom. The van der Waals surface area contributed by atoms with Crippen molar-refractivity contribution in [3.8, 4) is 16.3 Å². The van der Waals surface area contributed by atoms with Gasteiger partial charge in [0.1, 0.15) is 22.8 Å². The number of amides is 1. The molecule has 3 aromatic rings. The molecule has 1 aromatic carbocycles. The van der Waals surface area contributed by atoms with Crippen LogP contribution in [0.1, 0.15) is 28.6 Å². The van der Waals surface area contributed by atoms with Crippen molar-refractivity contribution in [2.24, 2.45) is 0 Å². The zero-order chi connectivity index (χ0) is 17.8. The number of halogens is 1. The van der Waals surface area contributed by atoms with Crippen LogP contribution in [0.15, 0.2) is 44.7 Å². The second kappa shape index (κ2) is 7.84. The van der Waals surface area contributed by atoms with Gasteiger partial charge < -0.3 is 14.6 Å². The number of hydrogen-bond acceptors (Lipinski definition) is 5. The highest BCUT2D eigenvalue weighted by molar-refractivity contribution is 9.11. The molecular weight excluding hydrogens is 404 g/mol. The van der Waals surface area contributed by atoms with Crippen LogP contribution < -0.4 is 10.1 Å². The molecule has 3 rings (SSSR count). The first-order chi connectivity index (χ1) is 12.1. The van der Waals surface area contributed by atoms with Gasteiger partial charge >= 0.3 is 0 Å². The highest BCUT2D eigenvalue weighted by atomic mass is 79.9. The van der Waals surface area contributed by atoms with Gasteiger partial charge in [0.05, 0.1) is 15.3 Å². The highest BCUT2D eigenvalue weighted by Crippen LogP contribution is 2.33. The molecule has 0 saturated heterocycles. The quantitative estimate of drug-likeness (QED) is 0.621. The molecule has 0 atom stereocenters. The van der Waals surface area contributed by atoms with E-state index in [1.807, 2.05) is 43.3 Å². The summed E-state index contributed by atoms with van der Waals surface area (Å²) in [6.45, 7) is 4.61.